The van der Waals surface area contributed by atoms with Crippen LogP contribution in [0.15, 0.2) is 5.11 Å². The van der Waals surface area contributed by atoms with Gasteiger partial charge in [0.2, 0.25) is 0 Å². The van der Waals surface area contributed by atoms with E-state index >= 15 is 0 Å². The zero-order valence-electron chi connectivity index (χ0n) is 7.48. The fraction of sp³-hybridized carbons (Fsp3) is 1.00. The minimum atomic E-state index is 0. The largest absolute Gasteiger partial charge is 0.378 e. The van der Waals surface area contributed by atoms with E-state index in [9.17, 15) is 0 Å². The fourth-order valence-electron chi connectivity index (χ4n) is 1.27. The van der Waals surface area contributed by atoms with Crippen molar-refractivity contribution in [2.75, 3.05) is 26.2 Å². The van der Waals surface area contributed by atoms with E-state index < -0.39 is 0 Å². The van der Waals surface area contributed by atoms with Gasteiger partial charge in [0, 0.05) is 11.5 Å². The zero-order chi connectivity index (χ0) is 8.65. The van der Waals surface area contributed by atoms with Crippen LogP contribution in [0.3, 0.4) is 0 Å². The van der Waals surface area contributed by atoms with Gasteiger partial charge in [-0.3, -0.25) is 0 Å². The Morgan fingerprint density at radius 2 is 2.15 bits per heavy atom. The lowest BCUT2D eigenvalue weighted by atomic mass is 10.1. The number of hydrogen-bond acceptors (Lipinski definition) is 3. The molecular weight excluding hydrogens is 192 g/mol. The Hall–Kier alpha value is -0.480. The fourth-order valence-corrected chi connectivity index (χ4v) is 1.27. The van der Waals surface area contributed by atoms with Crippen molar-refractivity contribution < 1.29 is 4.74 Å². The smallest absolute Gasteiger partial charge is 0.0599 e. The van der Waals surface area contributed by atoms with Crippen LogP contribution in [-0.2, 0) is 4.74 Å². The topological polar surface area (TPSA) is 70.0 Å². The van der Waals surface area contributed by atoms with E-state index in [1.807, 2.05) is 0 Å². The molecular formula is C7H15ClN4O. The number of azide groups is 1. The molecule has 0 aromatic carbocycles. The number of halogens is 1. The number of nitrogens with one attached hydrogen (secondary N) is 1. The van der Waals surface area contributed by atoms with Crippen LogP contribution in [0.2, 0.25) is 0 Å². The molecule has 0 aliphatic carbocycles. The highest BCUT2D eigenvalue weighted by Gasteiger charge is 2.11. The molecule has 1 rings (SSSR count). The van der Waals surface area contributed by atoms with Crippen LogP contribution >= 0.6 is 12.4 Å². The number of ether oxygens (including phenoxy) is 1. The van der Waals surface area contributed by atoms with Crippen LogP contribution in [0.5, 0.6) is 0 Å². The van der Waals surface area contributed by atoms with Gasteiger partial charge in [0.25, 0.3) is 0 Å². The van der Waals surface area contributed by atoms with Crippen molar-refractivity contribution in [3.8, 4) is 0 Å². The minimum Gasteiger partial charge on any atom is -0.378 e. The first-order chi connectivity index (χ1) is 5.93. The molecule has 0 spiro atoms. The van der Waals surface area contributed by atoms with Crippen LogP contribution in [0.1, 0.15) is 12.8 Å². The predicted molar refractivity (Wildman–Crippen MR) is 53.1 cm³/mol. The second kappa shape index (κ2) is 8.13. The normalized spacial score (nSPS) is 17.2. The Balaban J connectivity index is 0.00000144. The first-order valence-electron chi connectivity index (χ1n) is 4.26. The lowest BCUT2D eigenvalue weighted by Crippen LogP contribution is -2.32. The molecule has 0 amide bonds. The highest BCUT2D eigenvalue weighted by molar-refractivity contribution is 5.85. The average Bonchev–Trinajstić information content (AvgIpc) is 2.14. The molecule has 0 radical (unpaired) electrons. The summed E-state index contributed by atoms with van der Waals surface area (Å²) in [5, 5.41) is 6.65. The van der Waals surface area contributed by atoms with E-state index in [-0.39, 0.29) is 12.4 Å². The van der Waals surface area contributed by atoms with Crippen LogP contribution in [0, 0.1) is 0 Å². The van der Waals surface area contributed by atoms with Crippen molar-refractivity contribution in [2.45, 2.75) is 18.9 Å². The standard InChI is InChI=1S/C7H14N4O.ClH/c8-11-10-5-6-12-7-1-3-9-4-2-7;/h7,9H,1-6H2;1H. The maximum Gasteiger partial charge on any atom is 0.0599 e. The molecule has 6 heteroatoms. The average molecular weight is 207 g/mol. The van der Waals surface area contributed by atoms with Gasteiger partial charge in [-0.15, -0.1) is 12.4 Å². The van der Waals surface area contributed by atoms with Crippen LogP contribution in [-0.4, -0.2) is 32.3 Å². The molecule has 0 atom stereocenters. The summed E-state index contributed by atoms with van der Waals surface area (Å²) in [6, 6.07) is 0. The SMILES string of the molecule is Cl.[N-]=[N+]=NCCOC1CCNCC1. The van der Waals surface area contributed by atoms with Gasteiger partial charge in [0.15, 0.2) is 0 Å². The molecule has 0 bridgehead atoms. The predicted octanol–water partition coefficient (Wildman–Crippen LogP) is 1.49. The van der Waals surface area contributed by atoms with Crippen molar-refractivity contribution in [3.63, 3.8) is 0 Å². The van der Waals surface area contributed by atoms with Gasteiger partial charge < -0.3 is 10.1 Å². The molecule has 76 valence electrons. The molecule has 0 saturated carbocycles. The Morgan fingerprint density at radius 3 is 2.77 bits per heavy atom. The summed E-state index contributed by atoms with van der Waals surface area (Å²) in [4.78, 5) is 2.65. The summed E-state index contributed by atoms with van der Waals surface area (Å²) in [6.45, 7) is 3.06. The van der Waals surface area contributed by atoms with E-state index in [2.05, 4.69) is 15.3 Å². The number of nitrogens with zero attached hydrogens (tertiary/aromatic N) is 3. The Kier molecular flexibility index (Phi) is 7.83. The maximum absolute atomic E-state index is 8.00. The van der Waals surface area contributed by atoms with E-state index in [1.165, 1.54) is 0 Å². The highest BCUT2D eigenvalue weighted by atomic mass is 35.5. The summed E-state index contributed by atoms with van der Waals surface area (Å²) >= 11 is 0. The first kappa shape index (κ1) is 12.5. The van der Waals surface area contributed by atoms with Crippen molar-refractivity contribution in [1.29, 1.82) is 0 Å². The summed E-state index contributed by atoms with van der Waals surface area (Å²) < 4.78 is 5.48. The molecule has 1 aliphatic heterocycles. The van der Waals surface area contributed by atoms with Crippen LogP contribution in [0.25, 0.3) is 10.4 Å². The number of hydrogen-bond donors (Lipinski definition) is 1. The number of piperidine rings is 1. The molecule has 1 aliphatic rings. The molecule has 0 aromatic rings. The summed E-state index contributed by atoms with van der Waals surface area (Å²) in [7, 11) is 0. The van der Waals surface area contributed by atoms with Gasteiger partial charge in [0.1, 0.15) is 0 Å². The third kappa shape index (κ3) is 5.71. The molecule has 13 heavy (non-hydrogen) atoms. The van der Waals surface area contributed by atoms with Crippen LogP contribution in [0.4, 0.5) is 0 Å². The third-order valence-electron chi connectivity index (χ3n) is 1.89. The van der Waals surface area contributed by atoms with Crippen molar-refractivity contribution in [3.05, 3.63) is 10.4 Å². The summed E-state index contributed by atoms with van der Waals surface area (Å²) in [5.74, 6) is 0. The van der Waals surface area contributed by atoms with Crippen molar-refractivity contribution in [2.24, 2.45) is 5.11 Å². The molecule has 0 aromatic heterocycles. The zero-order valence-corrected chi connectivity index (χ0v) is 8.29. The van der Waals surface area contributed by atoms with Gasteiger partial charge in [-0.05, 0) is 31.5 Å². The van der Waals surface area contributed by atoms with E-state index in [0.717, 1.165) is 25.9 Å². The molecule has 1 heterocycles. The van der Waals surface area contributed by atoms with E-state index in [0.29, 0.717) is 19.3 Å². The molecule has 1 fully saturated rings. The Bertz CT molecular complexity index is 166. The summed E-state index contributed by atoms with van der Waals surface area (Å²) in [5.41, 5.74) is 8.00. The van der Waals surface area contributed by atoms with E-state index in [4.69, 9.17) is 10.3 Å². The Morgan fingerprint density at radius 1 is 1.46 bits per heavy atom. The maximum atomic E-state index is 8.00. The number of rotatable bonds is 4. The molecule has 1 saturated heterocycles. The first-order valence-corrected chi connectivity index (χ1v) is 4.26. The third-order valence-corrected chi connectivity index (χ3v) is 1.89. The lowest BCUT2D eigenvalue weighted by molar-refractivity contribution is 0.0380. The van der Waals surface area contributed by atoms with E-state index in [1.54, 1.807) is 0 Å². The quantitative estimate of drug-likeness (QED) is 0.328. The monoisotopic (exact) mass is 206 g/mol. The van der Waals surface area contributed by atoms with Crippen molar-refractivity contribution >= 4 is 12.4 Å². The summed E-state index contributed by atoms with van der Waals surface area (Å²) in [6.07, 6.45) is 2.49. The highest BCUT2D eigenvalue weighted by Crippen LogP contribution is 2.06. The minimum absolute atomic E-state index is 0. The molecule has 5 nitrogen and oxygen atoms in total. The van der Waals surface area contributed by atoms with Gasteiger partial charge in [-0.25, -0.2) is 0 Å². The second-order valence-electron chi connectivity index (χ2n) is 2.77. The van der Waals surface area contributed by atoms with Gasteiger partial charge in [-0.2, -0.15) is 0 Å². The second-order valence-corrected chi connectivity index (χ2v) is 2.77. The Labute approximate surface area is 83.9 Å². The molecule has 1 N–H and O–H groups in total. The molecule has 0 unspecified atom stereocenters. The lowest BCUT2D eigenvalue weighted by Gasteiger charge is -2.22. The van der Waals surface area contributed by atoms with Gasteiger partial charge in [-0.1, -0.05) is 5.11 Å². The van der Waals surface area contributed by atoms with Crippen molar-refractivity contribution in [1.82, 2.24) is 5.32 Å². The van der Waals surface area contributed by atoms with Crippen LogP contribution < -0.4 is 5.32 Å². The van der Waals surface area contributed by atoms with Gasteiger partial charge >= 0.3 is 0 Å². The van der Waals surface area contributed by atoms with Gasteiger partial charge in [0.05, 0.1) is 12.7 Å².